The van der Waals surface area contributed by atoms with Crippen LogP contribution in [-0.2, 0) is 21.2 Å². The van der Waals surface area contributed by atoms with Crippen molar-refractivity contribution in [1.82, 2.24) is 9.78 Å². The van der Waals surface area contributed by atoms with Crippen LogP contribution < -0.4 is 5.32 Å². The van der Waals surface area contributed by atoms with Crippen LogP contribution in [0.5, 0.6) is 0 Å². The zero-order valence-corrected chi connectivity index (χ0v) is 13.4. The smallest absolute Gasteiger partial charge is 0.229 e. The number of fused-ring (bicyclic) bond motifs is 2. The molecule has 1 aromatic rings. The van der Waals surface area contributed by atoms with Gasteiger partial charge < -0.3 is 5.32 Å². The Morgan fingerprint density at radius 2 is 2.23 bits per heavy atom. The van der Waals surface area contributed by atoms with E-state index in [1.54, 1.807) is 23.9 Å². The van der Waals surface area contributed by atoms with Crippen LogP contribution in [-0.4, -0.2) is 35.6 Å². The highest BCUT2D eigenvalue weighted by molar-refractivity contribution is 7.91. The number of sulfone groups is 1. The van der Waals surface area contributed by atoms with Gasteiger partial charge in [0, 0.05) is 23.9 Å². The lowest BCUT2D eigenvalue weighted by molar-refractivity contribution is -0.120. The van der Waals surface area contributed by atoms with Crippen molar-refractivity contribution in [3.8, 4) is 0 Å². The van der Waals surface area contributed by atoms with Crippen molar-refractivity contribution in [3.63, 3.8) is 0 Å². The van der Waals surface area contributed by atoms with Crippen LogP contribution in [0, 0.1) is 17.8 Å². The molecule has 0 aliphatic heterocycles. The number of aromatic nitrogens is 2. The monoisotopic (exact) mass is 323 g/mol. The maximum atomic E-state index is 12.3. The summed E-state index contributed by atoms with van der Waals surface area (Å²) in [6.07, 6.45) is 8.05. The van der Waals surface area contributed by atoms with E-state index in [0.29, 0.717) is 24.2 Å². The van der Waals surface area contributed by atoms with Gasteiger partial charge in [0.15, 0.2) is 15.7 Å². The Labute approximate surface area is 130 Å². The first-order valence-electron chi connectivity index (χ1n) is 7.70. The minimum Gasteiger partial charge on any atom is -0.309 e. The molecule has 6 nitrogen and oxygen atoms in total. The molecule has 2 aliphatic rings. The van der Waals surface area contributed by atoms with Crippen molar-refractivity contribution in [2.24, 2.45) is 17.8 Å². The summed E-state index contributed by atoms with van der Waals surface area (Å²) >= 11 is 0. The Hall–Kier alpha value is -1.63. The second kappa shape index (κ2) is 5.87. The molecule has 3 rings (SSSR count). The summed E-state index contributed by atoms with van der Waals surface area (Å²) in [5, 5.41) is 7.07. The quantitative estimate of drug-likeness (QED) is 0.804. The van der Waals surface area contributed by atoms with Crippen LogP contribution in [0.25, 0.3) is 0 Å². The van der Waals surface area contributed by atoms with Gasteiger partial charge in [-0.3, -0.25) is 9.48 Å². The van der Waals surface area contributed by atoms with E-state index in [1.165, 1.54) is 0 Å². The lowest BCUT2D eigenvalue weighted by atomic mass is 9.93. The van der Waals surface area contributed by atoms with Gasteiger partial charge in [-0.15, -0.1) is 0 Å². The summed E-state index contributed by atoms with van der Waals surface area (Å²) in [4.78, 5) is 12.3. The molecule has 3 atom stereocenters. The lowest BCUT2D eigenvalue weighted by Crippen LogP contribution is -2.26. The molecule has 1 aromatic heterocycles. The summed E-state index contributed by atoms with van der Waals surface area (Å²) < 4.78 is 24.5. The second-order valence-corrected chi connectivity index (χ2v) is 8.55. The molecule has 7 heteroatoms. The first-order chi connectivity index (χ1) is 10.5. The third kappa shape index (κ3) is 3.24. The number of aryl methyl sites for hydroxylation is 1. The summed E-state index contributed by atoms with van der Waals surface area (Å²) in [5.74, 6) is 1.67. The summed E-state index contributed by atoms with van der Waals surface area (Å²) in [6.45, 7) is 1.94. The highest BCUT2D eigenvalue weighted by Crippen LogP contribution is 2.43. The van der Waals surface area contributed by atoms with Crippen molar-refractivity contribution in [2.45, 2.75) is 26.3 Å². The number of nitrogens with one attached hydrogen (secondary N) is 1. The van der Waals surface area contributed by atoms with Crippen LogP contribution in [0.15, 0.2) is 24.4 Å². The second-order valence-electron chi connectivity index (χ2n) is 6.08. The molecule has 0 aromatic carbocycles. The molecule has 2 aliphatic carbocycles. The molecule has 0 radical (unpaired) electrons. The number of hydrogen-bond donors (Lipinski definition) is 1. The molecule has 1 amide bonds. The average Bonchev–Trinajstić information content (AvgIpc) is 3.21. The number of carbonyl (C=O) groups excluding carboxylic acids is 1. The third-order valence-electron chi connectivity index (χ3n) is 4.58. The van der Waals surface area contributed by atoms with Crippen LogP contribution in [0.1, 0.15) is 19.8 Å². The number of hydrogen-bond acceptors (Lipinski definition) is 4. The molecular formula is C15H21N3O3S. The fourth-order valence-corrected chi connectivity index (χ4v) is 3.98. The van der Waals surface area contributed by atoms with Gasteiger partial charge >= 0.3 is 0 Å². The number of allylic oxidation sites excluding steroid dienone is 2. The number of rotatable bonds is 6. The van der Waals surface area contributed by atoms with E-state index < -0.39 is 9.84 Å². The lowest BCUT2D eigenvalue weighted by Gasteiger charge is -2.16. The van der Waals surface area contributed by atoms with Crippen LogP contribution in [0.2, 0.25) is 0 Å². The highest BCUT2D eigenvalue weighted by atomic mass is 32.2. The predicted molar refractivity (Wildman–Crippen MR) is 84.0 cm³/mol. The standard InChI is InChI=1S/C15H21N3O3S/c1-2-22(20,21)8-7-18-6-5-14(17-18)16-15(19)13-10-11-3-4-12(13)9-11/h3-6,11-13H,2,7-10H2,1H3,(H,16,17,19)/t11-,12-,13-/m0/s1. The minimum absolute atomic E-state index is 0.0169. The maximum absolute atomic E-state index is 12.3. The van der Waals surface area contributed by atoms with Gasteiger partial charge in [0.2, 0.25) is 5.91 Å². The van der Waals surface area contributed by atoms with Gasteiger partial charge in [0.1, 0.15) is 0 Å². The van der Waals surface area contributed by atoms with Gasteiger partial charge in [-0.2, -0.15) is 5.10 Å². The molecule has 120 valence electrons. The predicted octanol–water partition coefficient (Wildman–Crippen LogP) is 1.47. The van der Waals surface area contributed by atoms with Crippen molar-refractivity contribution >= 4 is 21.6 Å². The molecule has 2 bridgehead atoms. The number of amides is 1. The minimum atomic E-state index is -3.01. The zero-order valence-electron chi connectivity index (χ0n) is 12.6. The van der Waals surface area contributed by atoms with Crippen LogP contribution in [0.4, 0.5) is 5.82 Å². The van der Waals surface area contributed by atoms with Crippen LogP contribution in [0.3, 0.4) is 0 Å². The maximum Gasteiger partial charge on any atom is 0.229 e. The highest BCUT2D eigenvalue weighted by Gasteiger charge is 2.39. The van der Waals surface area contributed by atoms with Crippen molar-refractivity contribution < 1.29 is 13.2 Å². The van der Waals surface area contributed by atoms with Gasteiger partial charge in [-0.05, 0) is 24.7 Å². The first kappa shape index (κ1) is 15.3. The van der Waals surface area contributed by atoms with Gasteiger partial charge in [0.25, 0.3) is 0 Å². The summed E-state index contributed by atoms with van der Waals surface area (Å²) in [7, 11) is -3.01. The molecule has 1 saturated carbocycles. The van der Waals surface area contributed by atoms with Gasteiger partial charge in [-0.1, -0.05) is 19.1 Å². The van der Waals surface area contributed by atoms with E-state index in [2.05, 4.69) is 22.6 Å². The fourth-order valence-electron chi connectivity index (χ4n) is 3.23. The SMILES string of the molecule is CCS(=O)(=O)CCn1ccc(NC(=O)[C@H]2C[C@H]3C=C[C@H]2C3)n1. The van der Waals surface area contributed by atoms with Gasteiger partial charge in [0.05, 0.1) is 12.3 Å². The van der Waals surface area contributed by atoms with Crippen molar-refractivity contribution in [2.75, 3.05) is 16.8 Å². The number of carbonyl (C=O) groups is 1. The van der Waals surface area contributed by atoms with E-state index >= 15 is 0 Å². The Bertz CT molecular complexity index is 693. The topological polar surface area (TPSA) is 81.1 Å². The molecule has 0 saturated heterocycles. The molecule has 22 heavy (non-hydrogen) atoms. The Morgan fingerprint density at radius 3 is 2.86 bits per heavy atom. The van der Waals surface area contributed by atoms with Crippen LogP contribution >= 0.6 is 0 Å². The first-order valence-corrected chi connectivity index (χ1v) is 9.52. The largest absolute Gasteiger partial charge is 0.309 e. The molecule has 1 N–H and O–H groups in total. The third-order valence-corrected chi connectivity index (χ3v) is 6.26. The van der Waals surface area contributed by atoms with E-state index in [-0.39, 0.29) is 23.3 Å². The van der Waals surface area contributed by atoms with E-state index in [4.69, 9.17) is 0 Å². The Morgan fingerprint density at radius 1 is 1.41 bits per heavy atom. The van der Waals surface area contributed by atoms with E-state index in [0.717, 1.165) is 12.8 Å². The Balaban J connectivity index is 1.55. The number of anilines is 1. The summed E-state index contributed by atoms with van der Waals surface area (Å²) in [6, 6.07) is 1.71. The fraction of sp³-hybridized carbons (Fsp3) is 0.600. The van der Waals surface area contributed by atoms with Crippen molar-refractivity contribution in [3.05, 3.63) is 24.4 Å². The molecule has 0 unspecified atom stereocenters. The molecule has 0 spiro atoms. The zero-order chi connectivity index (χ0) is 15.7. The molecular weight excluding hydrogens is 302 g/mol. The van der Waals surface area contributed by atoms with Gasteiger partial charge in [-0.25, -0.2) is 8.42 Å². The Kier molecular flexibility index (Phi) is 4.08. The van der Waals surface area contributed by atoms with E-state index in [9.17, 15) is 13.2 Å². The molecule has 1 fully saturated rings. The van der Waals surface area contributed by atoms with Crippen molar-refractivity contribution in [1.29, 1.82) is 0 Å². The average molecular weight is 323 g/mol. The summed E-state index contributed by atoms with van der Waals surface area (Å²) in [5.41, 5.74) is 0. The normalized spacial score (nSPS) is 26.5. The van der Waals surface area contributed by atoms with E-state index in [1.807, 2.05) is 0 Å². The number of nitrogens with zero attached hydrogens (tertiary/aromatic N) is 2. The molecule has 1 heterocycles.